The molecule has 0 aliphatic heterocycles. The molecule has 0 spiro atoms. The molecule has 128 valence electrons. The molecular formula is C17H20ClN3OS2. The summed E-state index contributed by atoms with van der Waals surface area (Å²) in [6.45, 7) is 0.128. The second-order valence-electron chi connectivity index (χ2n) is 4.92. The second-order valence-corrected chi connectivity index (χ2v) is 7.37. The fraction of sp³-hybridized carbons (Fsp3) is 0.235. The monoisotopic (exact) mass is 381 g/mol. The smallest absolute Gasteiger partial charge is 0.200 e. The van der Waals surface area contributed by atoms with Gasteiger partial charge in [0.25, 0.3) is 0 Å². The van der Waals surface area contributed by atoms with Gasteiger partial charge in [-0.05, 0) is 42.7 Å². The van der Waals surface area contributed by atoms with Crippen molar-refractivity contribution < 1.29 is 5.11 Å². The van der Waals surface area contributed by atoms with Crippen molar-refractivity contribution in [2.75, 3.05) is 30.6 Å². The van der Waals surface area contributed by atoms with Gasteiger partial charge in [0.1, 0.15) is 0 Å². The number of guanidine groups is 1. The Balaban J connectivity index is 2.25. The number of nitrogens with zero attached hydrogens (tertiary/aromatic N) is 2. The number of hydrogen-bond donors (Lipinski definition) is 2. The van der Waals surface area contributed by atoms with Crippen molar-refractivity contribution in [3.05, 3.63) is 47.5 Å². The summed E-state index contributed by atoms with van der Waals surface area (Å²) in [7, 11) is 1.87. The van der Waals surface area contributed by atoms with E-state index < -0.39 is 0 Å². The number of thioether (sulfide) groups is 2. The lowest BCUT2D eigenvalue weighted by Crippen LogP contribution is -2.33. The number of aliphatic imine (C=N–C) groups is 1. The van der Waals surface area contributed by atoms with Crippen molar-refractivity contribution >= 4 is 52.5 Å². The third kappa shape index (κ3) is 5.08. The number of halogens is 1. The van der Waals surface area contributed by atoms with Crippen molar-refractivity contribution in [3.63, 3.8) is 0 Å². The first-order valence-electron chi connectivity index (χ1n) is 7.30. The second kappa shape index (κ2) is 9.22. The van der Waals surface area contributed by atoms with E-state index in [4.69, 9.17) is 22.4 Å². The molecule has 0 aliphatic carbocycles. The van der Waals surface area contributed by atoms with Crippen molar-refractivity contribution in [2.45, 2.75) is 9.79 Å². The summed E-state index contributed by atoms with van der Waals surface area (Å²) in [5.74, 6) is 0.987. The number of aliphatic hydroxyl groups is 1. The molecule has 0 aromatic heterocycles. The molecule has 4 nitrogen and oxygen atoms in total. The Morgan fingerprint density at radius 2 is 2.04 bits per heavy atom. The fourth-order valence-electron chi connectivity index (χ4n) is 1.98. The zero-order valence-corrected chi connectivity index (χ0v) is 16.0. The highest BCUT2D eigenvalue weighted by atomic mass is 35.5. The standard InChI is InChI=1S/C17H20ClN3OS2/c1-21(12-4-3-5-13(10-12)23-2)17(19)20-16-11-14(24-9-8-22)6-7-15(16)18/h3-7,10-11,22H,8-9H2,1-2H3,(H2,19,20). The number of aliphatic hydroxyl groups excluding tert-OH is 1. The zero-order chi connectivity index (χ0) is 17.5. The molecule has 2 aromatic carbocycles. The van der Waals surface area contributed by atoms with Crippen LogP contribution in [0, 0.1) is 0 Å². The summed E-state index contributed by atoms with van der Waals surface area (Å²) >= 11 is 9.45. The van der Waals surface area contributed by atoms with E-state index in [9.17, 15) is 0 Å². The highest BCUT2D eigenvalue weighted by Gasteiger charge is 2.08. The molecule has 0 saturated heterocycles. The molecule has 0 aliphatic rings. The van der Waals surface area contributed by atoms with Gasteiger partial charge >= 0.3 is 0 Å². The molecule has 0 amide bonds. The van der Waals surface area contributed by atoms with Gasteiger partial charge in [-0.3, -0.25) is 0 Å². The lowest BCUT2D eigenvalue weighted by Gasteiger charge is -2.19. The van der Waals surface area contributed by atoms with E-state index in [1.807, 2.05) is 48.5 Å². The number of nitrogens with two attached hydrogens (primary N) is 1. The molecule has 0 radical (unpaired) electrons. The van der Waals surface area contributed by atoms with Crippen LogP contribution >= 0.6 is 35.1 Å². The van der Waals surface area contributed by atoms with Gasteiger partial charge in [-0.1, -0.05) is 17.7 Å². The lowest BCUT2D eigenvalue weighted by molar-refractivity contribution is 0.322. The first-order valence-corrected chi connectivity index (χ1v) is 9.89. The summed E-state index contributed by atoms with van der Waals surface area (Å²) in [6.07, 6.45) is 2.03. The molecule has 7 heteroatoms. The minimum absolute atomic E-state index is 0.128. The summed E-state index contributed by atoms with van der Waals surface area (Å²) in [5, 5.41) is 9.48. The Labute approximate surface area is 156 Å². The first-order chi connectivity index (χ1) is 11.5. The molecule has 0 saturated carbocycles. The molecule has 0 fully saturated rings. The minimum atomic E-state index is 0.128. The van der Waals surface area contributed by atoms with Crippen molar-refractivity contribution in [2.24, 2.45) is 10.7 Å². The number of hydrogen-bond acceptors (Lipinski definition) is 4. The van der Waals surface area contributed by atoms with E-state index in [-0.39, 0.29) is 6.61 Å². The Hall–Kier alpha value is -1.34. The maximum Gasteiger partial charge on any atom is 0.200 e. The van der Waals surface area contributed by atoms with Gasteiger partial charge in [0, 0.05) is 28.3 Å². The molecule has 0 heterocycles. The summed E-state index contributed by atoms with van der Waals surface area (Å²) in [6, 6.07) is 13.7. The normalized spacial score (nSPS) is 11.6. The fourth-order valence-corrected chi connectivity index (χ4v) is 3.28. The number of benzene rings is 2. The largest absolute Gasteiger partial charge is 0.396 e. The third-order valence-electron chi connectivity index (χ3n) is 3.30. The Morgan fingerprint density at radius 3 is 2.75 bits per heavy atom. The van der Waals surface area contributed by atoms with Crippen LogP contribution in [-0.4, -0.2) is 36.7 Å². The summed E-state index contributed by atoms with van der Waals surface area (Å²) in [4.78, 5) is 8.44. The quantitative estimate of drug-likeness (QED) is 0.445. The highest BCUT2D eigenvalue weighted by Crippen LogP contribution is 2.31. The predicted octanol–water partition coefficient (Wildman–Crippen LogP) is 4.23. The van der Waals surface area contributed by atoms with Crippen molar-refractivity contribution in [1.29, 1.82) is 0 Å². The number of anilines is 1. The maximum absolute atomic E-state index is 8.94. The van der Waals surface area contributed by atoms with Crippen molar-refractivity contribution in [3.8, 4) is 0 Å². The van der Waals surface area contributed by atoms with Crippen LogP contribution in [0.3, 0.4) is 0 Å². The molecule has 24 heavy (non-hydrogen) atoms. The Morgan fingerprint density at radius 1 is 1.25 bits per heavy atom. The van der Waals surface area contributed by atoms with Gasteiger partial charge in [-0.25, -0.2) is 4.99 Å². The van der Waals surface area contributed by atoms with Gasteiger partial charge in [-0.15, -0.1) is 23.5 Å². The van der Waals surface area contributed by atoms with E-state index >= 15 is 0 Å². The summed E-state index contributed by atoms with van der Waals surface area (Å²) < 4.78 is 0. The SMILES string of the molecule is CSc1cccc(N(C)C(N)=Nc2cc(SCCO)ccc2Cl)c1. The minimum Gasteiger partial charge on any atom is -0.396 e. The van der Waals surface area contributed by atoms with E-state index in [2.05, 4.69) is 11.1 Å². The van der Waals surface area contributed by atoms with Crippen LogP contribution < -0.4 is 10.6 Å². The van der Waals surface area contributed by atoms with Gasteiger partial charge in [0.05, 0.1) is 17.3 Å². The molecule has 2 aromatic rings. The van der Waals surface area contributed by atoms with Crippen LogP contribution in [0.25, 0.3) is 0 Å². The van der Waals surface area contributed by atoms with Gasteiger partial charge in [0.15, 0.2) is 0 Å². The zero-order valence-electron chi connectivity index (χ0n) is 13.6. The van der Waals surface area contributed by atoms with Gasteiger partial charge in [-0.2, -0.15) is 0 Å². The molecule has 0 bridgehead atoms. The van der Waals surface area contributed by atoms with Gasteiger partial charge in [0.2, 0.25) is 5.96 Å². The predicted molar refractivity (Wildman–Crippen MR) is 107 cm³/mol. The summed E-state index contributed by atoms with van der Waals surface area (Å²) in [5.41, 5.74) is 7.73. The molecule has 0 unspecified atom stereocenters. The lowest BCUT2D eigenvalue weighted by atomic mass is 10.3. The maximum atomic E-state index is 8.94. The van der Waals surface area contributed by atoms with Crippen LogP contribution in [0.4, 0.5) is 11.4 Å². The van der Waals surface area contributed by atoms with Crippen LogP contribution in [0.15, 0.2) is 57.2 Å². The average molecular weight is 382 g/mol. The number of rotatable bonds is 6. The molecule has 3 N–H and O–H groups in total. The third-order valence-corrected chi connectivity index (χ3v) is 5.32. The van der Waals surface area contributed by atoms with E-state index in [0.29, 0.717) is 22.4 Å². The molecular weight excluding hydrogens is 362 g/mol. The van der Waals surface area contributed by atoms with Crippen LogP contribution in [-0.2, 0) is 0 Å². The van der Waals surface area contributed by atoms with Gasteiger partial charge < -0.3 is 15.7 Å². The first kappa shape index (κ1) is 19.0. The van der Waals surface area contributed by atoms with Crippen LogP contribution in [0.1, 0.15) is 0 Å². The highest BCUT2D eigenvalue weighted by molar-refractivity contribution is 7.99. The Bertz CT molecular complexity index is 725. The topological polar surface area (TPSA) is 61.8 Å². The van der Waals surface area contributed by atoms with Crippen LogP contribution in [0.2, 0.25) is 5.02 Å². The van der Waals surface area contributed by atoms with Crippen LogP contribution in [0.5, 0.6) is 0 Å². The van der Waals surface area contributed by atoms with E-state index in [1.54, 1.807) is 29.6 Å². The van der Waals surface area contributed by atoms with Crippen molar-refractivity contribution in [1.82, 2.24) is 0 Å². The molecule has 0 atom stereocenters. The van der Waals surface area contributed by atoms with E-state index in [0.717, 1.165) is 15.5 Å². The van der Waals surface area contributed by atoms with E-state index in [1.165, 1.54) is 0 Å². The Kier molecular flexibility index (Phi) is 7.30. The molecule has 2 rings (SSSR count). The average Bonchev–Trinajstić information content (AvgIpc) is 2.61.